The summed E-state index contributed by atoms with van der Waals surface area (Å²) in [6.45, 7) is 14.9. The number of nitrogens with zero attached hydrogens (tertiary/aromatic N) is 1. The molecule has 0 unspecified atom stereocenters. The van der Waals surface area contributed by atoms with Crippen molar-refractivity contribution in [3.8, 4) is 16.8 Å². The van der Waals surface area contributed by atoms with E-state index in [1.165, 1.54) is 77.6 Å². The second-order valence-electron chi connectivity index (χ2n) is 13.9. The molecule has 1 nitrogen and oxygen atoms in total. The zero-order valence-electron chi connectivity index (χ0n) is 32.9. The van der Waals surface area contributed by atoms with Gasteiger partial charge in [-0.2, -0.15) is 0 Å². The average Bonchev–Trinajstić information content (AvgIpc) is 3.51. The van der Waals surface area contributed by atoms with Crippen LogP contribution in [0, 0.1) is 48.5 Å². The summed E-state index contributed by atoms with van der Waals surface area (Å²) >= 11 is 0. The first kappa shape index (κ1) is 39.0. The van der Waals surface area contributed by atoms with Crippen LogP contribution in [0.3, 0.4) is 0 Å². The molecule has 1 aromatic heterocycles. The summed E-state index contributed by atoms with van der Waals surface area (Å²) in [5.74, 6) is 0. The summed E-state index contributed by atoms with van der Waals surface area (Å²) in [7, 11) is 0. The van der Waals surface area contributed by atoms with Crippen LogP contribution in [-0.4, -0.2) is 4.57 Å². The van der Waals surface area contributed by atoms with Crippen molar-refractivity contribution in [3.63, 3.8) is 0 Å². The lowest BCUT2D eigenvalue weighted by Crippen LogP contribution is -1.92. The van der Waals surface area contributed by atoms with Crippen molar-refractivity contribution in [3.05, 3.63) is 233 Å². The molecule has 0 atom stereocenters. The molecule has 270 valence electrons. The van der Waals surface area contributed by atoms with Crippen molar-refractivity contribution < 1.29 is 0 Å². The Hall–Kier alpha value is -6.18. The van der Waals surface area contributed by atoms with Crippen molar-refractivity contribution in [2.24, 2.45) is 0 Å². The van der Waals surface area contributed by atoms with Gasteiger partial charge in [0.1, 0.15) is 0 Å². The fraction of sp³-hybridized carbons (Fsp3) is 0.132. The normalized spacial score (nSPS) is 10.1. The zero-order chi connectivity index (χ0) is 38.3. The van der Waals surface area contributed by atoms with Gasteiger partial charge in [-0.3, -0.25) is 0 Å². The van der Waals surface area contributed by atoms with E-state index in [4.69, 9.17) is 0 Å². The molecule has 0 saturated heterocycles. The summed E-state index contributed by atoms with van der Waals surface area (Å²) in [4.78, 5) is 0. The standard InChI is InChI=1S/C19H15N.C15H16.C12H14.C7H8/c1-14-11-12-19-17(13-14)16-9-5-6-10-18(16)20(19)15-7-3-2-4-8-15;1-11-8-9-13(3)15(10-11)14-7-5-4-6-12(14)2;1-11-7-4-3-5-8-12(2)10-6-9-11;1-7-5-3-2-4-6-7/h2-13H,1H3;4-10H,1-3H3;3-10H,1-2H3;2-6H,1H3. The lowest BCUT2D eigenvalue weighted by atomic mass is 9.95. The van der Waals surface area contributed by atoms with Gasteiger partial charge >= 0.3 is 0 Å². The SMILES string of the molecule is Cc1ccc(C)c(-c2ccccc2C)c1.Cc1ccc2c(c1)c1ccccc1n2-c1ccccc1.Cc1ccccc1.Cc1cccccc(C)ccc1. The zero-order valence-corrected chi connectivity index (χ0v) is 32.9. The molecule has 0 aliphatic heterocycles. The van der Waals surface area contributed by atoms with Gasteiger partial charge in [-0.25, -0.2) is 0 Å². The largest absolute Gasteiger partial charge is 0.309 e. The number of para-hydroxylation sites is 2. The summed E-state index contributed by atoms with van der Waals surface area (Å²) in [6.07, 6.45) is 0. The van der Waals surface area contributed by atoms with E-state index in [0.29, 0.717) is 0 Å². The maximum atomic E-state index is 2.34. The van der Waals surface area contributed by atoms with E-state index in [1.54, 1.807) is 0 Å². The molecule has 8 rings (SSSR count). The van der Waals surface area contributed by atoms with Crippen LogP contribution in [0.4, 0.5) is 0 Å². The van der Waals surface area contributed by atoms with Gasteiger partial charge in [0, 0.05) is 16.5 Å². The minimum atomic E-state index is 1.21. The highest BCUT2D eigenvalue weighted by molar-refractivity contribution is 6.09. The Morgan fingerprint density at radius 3 is 1.33 bits per heavy atom. The van der Waals surface area contributed by atoms with Gasteiger partial charge < -0.3 is 4.57 Å². The molecule has 1 heterocycles. The van der Waals surface area contributed by atoms with Crippen molar-refractivity contribution in [2.45, 2.75) is 48.5 Å². The highest BCUT2D eigenvalue weighted by Crippen LogP contribution is 2.32. The number of hydrogen-bond acceptors (Lipinski definition) is 0. The van der Waals surface area contributed by atoms with Crippen LogP contribution in [0.25, 0.3) is 38.6 Å². The van der Waals surface area contributed by atoms with Gasteiger partial charge in [0.2, 0.25) is 0 Å². The number of fused-ring (bicyclic) bond motifs is 3. The van der Waals surface area contributed by atoms with E-state index in [-0.39, 0.29) is 0 Å². The number of benzene rings is 6. The van der Waals surface area contributed by atoms with Crippen molar-refractivity contribution in [1.82, 2.24) is 4.57 Å². The highest BCUT2D eigenvalue weighted by Gasteiger charge is 2.11. The quantitative estimate of drug-likeness (QED) is 0.169. The van der Waals surface area contributed by atoms with Gasteiger partial charge in [0.15, 0.2) is 0 Å². The van der Waals surface area contributed by atoms with Gasteiger partial charge in [-0.15, -0.1) is 0 Å². The third-order valence-electron chi connectivity index (χ3n) is 9.27. The van der Waals surface area contributed by atoms with E-state index in [0.717, 1.165) is 0 Å². The van der Waals surface area contributed by atoms with E-state index < -0.39 is 0 Å². The van der Waals surface area contributed by atoms with Gasteiger partial charge in [-0.1, -0.05) is 192 Å². The molecular weight excluding hydrogens is 651 g/mol. The number of aromatic nitrogens is 1. The van der Waals surface area contributed by atoms with Crippen molar-refractivity contribution >= 4 is 21.8 Å². The third kappa shape index (κ3) is 10.9. The molecule has 8 aromatic rings. The Labute approximate surface area is 323 Å². The first-order valence-corrected chi connectivity index (χ1v) is 18.8. The second-order valence-corrected chi connectivity index (χ2v) is 13.9. The molecule has 0 aliphatic rings. The topological polar surface area (TPSA) is 4.93 Å². The highest BCUT2D eigenvalue weighted by atomic mass is 15.0. The Morgan fingerprint density at radius 2 is 0.722 bits per heavy atom. The van der Waals surface area contributed by atoms with Crippen LogP contribution < -0.4 is 0 Å². The van der Waals surface area contributed by atoms with Gasteiger partial charge in [0.25, 0.3) is 0 Å². The fourth-order valence-corrected chi connectivity index (χ4v) is 6.32. The number of hydrogen-bond donors (Lipinski definition) is 0. The molecular formula is C53H53N. The molecule has 0 bridgehead atoms. The molecule has 54 heavy (non-hydrogen) atoms. The monoisotopic (exact) mass is 703 g/mol. The van der Waals surface area contributed by atoms with Crippen LogP contribution in [0.1, 0.15) is 38.9 Å². The first-order chi connectivity index (χ1) is 26.2. The predicted octanol–water partition coefficient (Wildman–Crippen LogP) is 14.8. The molecule has 0 fully saturated rings. The van der Waals surface area contributed by atoms with E-state index >= 15 is 0 Å². The second kappa shape index (κ2) is 19.6. The van der Waals surface area contributed by atoms with Gasteiger partial charge in [0.05, 0.1) is 11.0 Å². The fourth-order valence-electron chi connectivity index (χ4n) is 6.32. The predicted molar refractivity (Wildman–Crippen MR) is 236 cm³/mol. The molecule has 0 radical (unpaired) electrons. The molecule has 1 heteroatoms. The minimum absolute atomic E-state index is 1.21. The maximum Gasteiger partial charge on any atom is 0.0541 e. The number of aryl methyl sites for hydroxylation is 7. The Balaban J connectivity index is 0.000000147. The average molecular weight is 704 g/mol. The molecule has 0 amide bonds. The van der Waals surface area contributed by atoms with Crippen LogP contribution in [0.15, 0.2) is 194 Å². The van der Waals surface area contributed by atoms with E-state index in [9.17, 15) is 0 Å². The maximum absolute atomic E-state index is 2.34. The summed E-state index contributed by atoms with van der Waals surface area (Å²) in [5, 5.41) is 2.64. The van der Waals surface area contributed by atoms with Crippen LogP contribution in [0.2, 0.25) is 0 Å². The van der Waals surface area contributed by atoms with E-state index in [1.807, 2.05) is 24.3 Å². The lowest BCUT2D eigenvalue weighted by molar-refractivity contribution is 1.18. The minimum Gasteiger partial charge on any atom is -0.309 e. The summed E-state index contributed by atoms with van der Waals surface area (Å²) in [6, 6.07) is 67.9. The Bertz CT molecular complexity index is 2420. The van der Waals surface area contributed by atoms with Crippen LogP contribution in [-0.2, 0) is 0 Å². The van der Waals surface area contributed by atoms with Crippen LogP contribution >= 0.6 is 0 Å². The smallest absolute Gasteiger partial charge is 0.0541 e. The first-order valence-electron chi connectivity index (χ1n) is 18.8. The third-order valence-corrected chi connectivity index (χ3v) is 9.27. The molecule has 0 spiro atoms. The summed E-state index contributed by atoms with van der Waals surface area (Å²) < 4.78 is 2.34. The van der Waals surface area contributed by atoms with E-state index in [2.05, 4.69) is 223 Å². The molecule has 0 saturated carbocycles. The van der Waals surface area contributed by atoms with Crippen molar-refractivity contribution in [2.75, 3.05) is 0 Å². The Kier molecular flexibility index (Phi) is 14.2. The van der Waals surface area contributed by atoms with Crippen molar-refractivity contribution in [1.29, 1.82) is 0 Å². The van der Waals surface area contributed by atoms with Gasteiger partial charge in [-0.05, 0) is 101 Å². The molecule has 0 aliphatic carbocycles. The molecule has 7 aromatic carbocycles. The molecule has 0 N–H and O–H groups in total. The lowest BCUT2D eigenvalue weighted by Gasteiger charge is -2.09. The number of rotatable bonds is 2. The Morgan fingerprint density at radius 1 is 0.278 bits per heavy atom. The van der Waals surface area contributed by atoms with Crippen LogP contribution in [0.5, 0.6) is 0 Å². The summed E-state index contributed by atoms with van der Waals surface area (Å²) in [5.41, 5.74) is 15.6.